The minimum Gasteiger partial charge on any atom is -0.388 e. The summed E-state index contributed by atoms with van der Waals surface area (Å²) in [5.74, 6) is 0.0450. The Morgan fingerprint density at radius 1 is 1.37 bits per heavy atom. The van der Waals surface area contributed by atoms with Gasteiger partial charge in [0.15, 0.2) is 0 Å². The maximum atomic E-state index is 11.6. The lowest BCUT2D eigenvalue weighted by Gasteiger charge is -2.43. The first-order chi connectivity index (χ1) is 9.05. The predicted octanol–water partition coefficient (Wildman–Crippen LogP) is 0.802. The van der Waals surface area contributed by atoms with Gasteiger partial charge >= 0.3 is 0 Å². The van der Waals surface area contributed by atoms with Gasteiger partial charge in [-0.2, -0.15) is 0 Å². The molecular formula is C15H22N2O2. The number of amides is 1. The van der Waals surface area contributed by atoms with E-state index in [-0.39, 0.29) is 5.91 Å². The summed E-state index contributed by atoms with van der Waals surface area (Å²) in [6.45, 7) is 4.07. The van der Waals surface area contributed by atoms with Gasteiger partial charge in [-0.05, 0) is 25.3 Å². The van der Waals surface area contributed by atoms with Gasteiger partial charge < -0.3 is 10.4 Å². The van der Waals surface area contributed by atoms with Crippen LogP contribution in [-0.2, 0) is 11.2 Å². The number of benzene rings is 1. The zero-order chi connectivity index (χ0) is 13.7. The van der Waals surface area contributed by atoms with Crippen LogP contribution in [0.15, 0.2) is 30.3 Å². The minimum atomic E-state index is -0.604. The molecule has 0 aliphatic carbocycles. The van der Waals surface area contributed by atoms with Gasteiger partial charge in [0.05, 0.1) is 12.1 Å². The number of nitrogens with one attached hydrogen (secondary N) is 1. The van der Waals surface area contributed by atoms with Crippen LogP contribution in [0.25, 0.3) is 0 Å². The SMILES string of the molecule is CC1(O)CN(CC(=O)NCCCc2ccccc2)C1. The van der Waals surface area contributed by atoms with Gasteiger partial charge in [0.25, 0.3) is 0 Å². The maximum Gasteiger partial charge on any atom is 0.234 e. The number of carbonyl (C=O) groups excluding carboxylic acids is 1. The number of rotatable bonds is 6. The molecule has 0 unspecified atom stereocenters. The van der Waals surface area contributed by atoms with Crippen molar-refractivity contribution in [2.75, 3.05) is 26.2 Å². The van der Waals surface area contributed by atoms with E-state index in [1.54, 1.807) is 6.92 Å². The molecule has 4 nitrogen and oxygen atoms in total. The van der Waals surface area contributed by atoms with Crippen molar-refractivity contribution >= 4 is 5.91 Å². The van der Waals surface area contributed by atoms with Gasteiger partial charge in [-0.15, -0.1) is 0 Å². The Hall–Kier alpha value is -1.39. The zero-order valence-electron chi connectivity index (χ0n) is 11.4. The quantitative estimate of drug-likeness (QED) is 0.746. The summed E-state index contributed by atoms with van der Waals surface area (Å²) in [4.78, 5) is 13.6. The molecule has 1 saturated heterocycles. The van der Waals surface area contributed by atoms with E-state index in [2.05, 4.69) is 17.4 Å². The highest BCUT2D eigenvalue weighted by molar-refractivity contribution is 5.78. The summed E-state index contributed by atoms with van der Waals surface area (Å²) < 4.78 is 0. The molecule has 2 rings (SSSR count). The largest absolute Gasteiger partial charge is 0.388 e. The number of aliphatic hydroxyl groups is 1. The van der Waals surface area contributed by atoms with Crippen molar-refractivity contribution in [3.63, 3.8) is 0 Å². The first-order valence-corrected chi connectivity index (χ1v) is 6.80. The normalized spacial score (nSPS) is 17.8. The Bertz CT molecular complexity index is 409. The van der Waals surface area contributed by atoms with Crippen LogP contribution >= 0.6 is 0 Å². The van der Waals surface area contributed by atoms with Crippen molar-refractivity contribution < 1.29 is 9.90 Å². The first kappa shape index (κ1) is 14.0. The molecule has 1 aromatic carbocycles. The van der Waals surface area contributed by atoms with Crippen molar-refractivity contribution in [3.8, 4) is 0 Å². The van der Waals surface area contributed by atoms with E-state index in [1.165, 1.54) is 5.56 Å². The summed E-state index contributed by atoms with van der Waals surface area (Å²) in [5, 5.41) is 12.5. The predicted molar refractivity (Wildman–Crippen MR) is 74.8 cm³/mol. The molecule has 0 radical (unpaired) electrons. The molecule has 0 aromatic heterocycles. The molecular weight excluding hydrogens is 240 g/mol. The third-order valence-electron chi connectivity index (χ3n) is 3.30. The molecule has 1 aromatic rings. The maximum absolute atomic E-state index is 11.6. The number of β-amino-alcohol motifs (C(OH)–C–C–N with tert-alkyl or cyclic N) is 1. The molecule has 19 heavy (non-hydrogen) atoms. The Balaban J connectivity index is 1.55. The number of likely N-dealkylation sites (tertiary alicyclic amines) is 1. The van der Waals surface area contributed by atoms with Crippen molar-refractivity contribution in [2.45, 2.75) is 25.4 Å². The van der Waals surface area contributed by atoms with Gasteiger partial charge in [0, 0.05) is 19.6 Å². The zero-order valence-corrected chi connectivity index (χ0v) is 11.4. The molecule has 0 atom stereocenters. The molecule has 0 bridgehead atoms. The third-order valence-corrected chi connectivity index (χ3v) is 3.30. The van der Waals surface area contributed by atoms with Crippen LogP contribution in [0, 0.1) is 0 Å². The van der Waals surface area contributed by atoms with E-state index in [1.807, 2.05) is 23.1 Å². The summed E-state index contributed by atoms with van der Waals surface area (Å²) in [6.07, 6.45) is 1.94. The van der Waals surface area contributed by atoms with Crippen molar-refractivity contribution in [2.24, 2.45) is 0 Å². The molecule has 104 valence electrons. The van der Waals surface area contributed by atoms with Crippen molar-refractivity contribution in [1.29, 1.82) is 0 Å². The summed E-state index contributed by atoms with van der Waals surface area (Å²) in [7, 11) is 0. The van der Waals surface area contributed by atoms with E-state index in [0.29, 0.717) is 26.2 Å². The highest BCUT2D eigenvalue weighted by Gasteiger charge is 2.36. The van der Waals surface area contributed by atoms with Gasteiger partial charge in [-0.3, -0.25) is 9.69 Å². The second kappa shape index (κ2) is 6.17. The molecule has 0 spiro atoms. The van der Waals surface area contributed by atoms with E-state index in [4.69, 9.17) is 0 Å². The van der Waals surface area contributed by atoms with Crippen LogP contribution in [0.1, 0.15) is 18.9 Å². The summed E-state index contributed by atoms with van der Waals surface area (Å²) in [5.41, 5.74) is 0.698. The Morgan fingerprint density at radius 3 is 2.68 bits per heavy atom. The smallest absolute Gasteiger partial charge is 0.234 e. The molecule has 1 aliphatic heterocycles. The van der Waals surface area contributed by atoms with Crippen LogP contribution in [0.5, 0.6) is 0 Å². The highest BCUT2D eigenvalue weighted by Crippen LogP contribution is 2.18. The van der Waals surface area contributed by atoms with E-state index in [9.17, 15) is 9.90 Å². The Morgan fingerprint density at radius 2 is 2.05 bits per heavy atom. The highest BCUT2D eigenvalue weighted by atomic mass is 16.3. The molecule has 1 aliphatic rings. The fourth-order valence-electron chi connectivity index (χ4n) is 2.45. The molecule has 2 N–H and O–H groups in total. The number of carbonyl (C=O) groups is 1. The molecule has 1 fully saturated rings. The fraction of sp³-hybridized carbons (Fsp3) is 0.533. The van der Waals surface area contributed by atoms with Crippen molar-refractivity contribution in [3.05, 3.63) is 35.9 Å². The second-order valence-electron chi connectivity index (χ2n) is 5.58. The van der Waals surface area contributed by atoms with Crippen LogP contribution < -0.4 is 5.32 Å². The lowest BCUT2D eigenvalue weighted by molar-refractivity contribution is -0.130. The second-order valence-corrected chi connectivity index (χ2v) is 5.58. The molecule has 1 heterocycles. The van der Waals surface area contributed by atoms with Crippen LogP contribution in [-0.4, -0.2) is 47.7 Å². The van der Waals surface area contributed by atoms with E-state index < -0.39 is 5.60 Å². The molecule has 0 saturated carbocycles. The van der Waals surface area contributed by atoms with Gasteiger partial charge in [0.1, 0.15) is 0 Å². The lowest BCUT2D eigenvalue weighted by atomic mass is 9.97. The number of aryl methyl sites for hydroxylation is 1. The average Bonchev–Trinajstić information content (AvgIpc) is 2.34. The standard InChI is InChI=1S/C15H22N2O2/c1-15(19)11-17(12-15)10-14(18)16-9-5-8-13-6-3-2-4-7-13/h2-4,6-7,19H,5,8-12H2,1H3,(H,16,18). The minimum absolute atomic E-state index is 0.0450. The average molecular weight is 262 g/mol. The monoisotopic (exact) mass is 262 g/mol. The number of hydrogen-bond donors (Lipinski definition) is 2. The Kier molecular flexibility index (Phi) is 4.56. The van der Waals surface area contributed by atoms with Crippen LogP contribution in [0.4, 0.5) is 0 Å². The van der Waals surface area contributed by atoms with Gasteiger partial charge in [-0.1, -0.05) is 30.3 Å². The van der Waals surface area contributed by atoms with Crippen LogP contribution in [0.2, 0.25) is 0 Å². The van der Waals surface area contributed by atoms with Crippen molar-refractivity contribution in [1.82, 2.24) is 10.2 Å². The topological polar surface area (TPSA) is 52.6 Å². The fourth-order valence-corrected chi connectivity index (χ4v) is 2.45. The Labute approximate surface area is 114 Å². The first-order valence-electron chi connectivity index (χ1n) is 6.80. The summed E-state index contributed by atoms with van der Waals surface area (Å²) in [6, 6.07) is 10.3. The number of hydrogen-bond acceptors (Lipinski definition) is 3. The van der Waals surface area contributed by atoms with E-state index in [0.717, 1.165) is 12.8 Å². The van der Waals surface area contributed by atoms with Crippen LogP contribution in [0.3, 0.4) is 0 Å². The third kappa shape index (κ3) is 4.65. The number of nitrogens with zero attached hydrogens (tertiary/aromatic N) is 1. The molecule has 1 amide bonds. The van der Waals surface area contributed by atoms with Gasteiger partial charge in [-0.25, -0.2) is 0 Å². The van der Waals surface area contributed by atoms with Gasteiger partial charge in [0.2, 0.25) is 5.91 Å². The lowest BCUT2D eigenvalue weighted by Crippen LogP contribution is -2.61. The summed E-state index contributed by atoms with van der Waals surface area (Å²) >= 11 is 0. The van der Waals surface area contributed by atoms with E-state index >= 15 is 0 Å². The molecule has 4 heteroatoms.